The van der Waals surface area contributed by atoms with Crippen LogP contribution >= 0.6 is 0 Å². The van der Waals surface area contributed by atoms with E-state index < -0.39 is 0 Å². The first-order valence-electron chi connectivity index (χ1n) is 9.97. The fourth-order valence-electron chi connectivity index (χ4n) is 3.17. The van der Waals surface area contributed by atoms with Crippen molar-refractivity contribution in [3.05, 3.63) is 47.5 Å². The summed E-state index contributed by atoms with van der Waals surface area (Å²) in [5.74, 6) is 1.52. The Kier molecular flexibility index (Phi) is 6.99. The Morgan fingerprint density at radius 3 is 2.69 bits per heavy atom. The van der Waals surface area contributed by atoms with E-state index in [1.165, 1.54) is 0 Å². The van der Waals surface area contributed by atoms with Gasteiger partial charge in [-0.25, -0.2) is 0 Å². The normalized spacial score (nSPS) is 16.0. The Morgan fingerprint density at radius 1 is 1.17 bits per heavy atom. The summed E-state index contributed by atoms with van der Waals surface area (Å²) in [5, 5.41) is 2.94. The number of hydrogen-bond donors (Lipinski definition) is 1. The number of hydrogen-bond acceptors (Lipinski definition) is 5. The van der Waals surface area contributed by atoms with Crippen molar-refractivity contribution >= 4 is 11.6 Å². The highest BCUT2D eigenvalue weighted by Crippen LogP contribution is 2.31. The van der Waals surface area contributed by atoms with Crippen LogP contribution in [0.2, 0.25) is 0 Å². The molecular weight excluding hydrogens is 370 g/mol. The van der Waals surface area contributed by atoms with E-state index in [9.17, 15) is 4.79 Å². The number of carbonyl (C=O) groups excluding carboxylic acids is 1. The maximum Gasteiger partial charge on any atom is 0.255 e. The first-order chi connectivity index (χ1) is 14.0. The first kappa shape index (κ1) is 21.0. The summed E-state index contributed by atoms with van der Waals surface area (Å²) in [7, 11) is 1.56. The molecule has 1 saturated heterocycles. The van der Waals surface area contributed by atoms with Crippen molar-refractivity contribution in [1.29, 1.82) is 0 Å². The number of nitrogens with one attached hydrogen (secondary N) is 1. The molecule has 1 N–H and O–H groups in total. The molecule has 1 atom stereocenters. The largest absolute Gasteiger partial charge is 0.493 e. The van der Waals surface area contributed by atoms with Gasteiger partial charge in [0.1, 0.15) is 12.4 Å². The standard InChI is InChI=1S/C23H29NO5/c1-15(2)29-20-10-8-17(13-22(20)26-4)23(25)24-19-9-7-16(3)12-21(19)28-14-18-6-5-11-27-18/h7-10,12-13,15,18H,5-6,11,14H2,1-4H3,(H,24,25). The van der Waals surface area contributed by atoms with E-state index in [0.717, 1.165) is 25.0 Å². The van der Waals surface area contributed by atoms with Gasteiger partial charge in [-0.15, -0.1) is 0 Å². The summed E-state index contributed by atoms with van der Waals surface area (Å²) in [6, 6.07) is 10.9. The van der Waals surface area contributed by atoms with Gasteiger partial charge >= 0.3 is 0 Å². The van der Waals surface area contributed by atoms with Gasteiger partial charge in [0, 0.05) is 12.2 Å². The van der Waals surface area contributed by atoms with E-state index in [2.05, 4.69) is 5.32 Å². The third kappa shape index (κ3) is 5.64. The average Bonchev–Trinajstić information content (AvgIpc) is 3.21. The molecule has 0 bridgehead atoms. The molecule has 1 aliphatic heterocycles. The molecule has 6 heteroatoms. The third-order valence-corrected chi connectivity index (χ3v) is 4.62. The van der Waals surface area contributed by atoms with Gasteiger partial charge < -0.3 is 24.3 Å². The number of rotatable bonds is 8. The van der Waals surface area contributed by atoms with Crippen molar-refractivity contribution in [2.45, 2.75) is 45.8 Å². The summed E-state index contributed by atoms with van der Waals surface area (Å²) in [6.45, 7) is 7.12. The molecule has 0 saturated carbocycles. The summed E-state index contributed by atoms with van der Waals surface area (Å²) in [5.41, 5.74) is 2.16. The second-order valence-corrected chi connectivity index (χ2v) is 7.43. The van der Waals surface area contributed by atoms with Crippen LogP contribution in [0.1, 0.15) is 42.6 Å². The fourth-order valence-corrected chi connectivity index (χ4v) is 3.17. The van der Waals surface area contributed by atoms with Gasteiger partial charge in [0.2, 0.25) is 0 Å². The van der Waals surface area contributed by atoms with Crippen LogP contribution in [-0.4, -0.2) is 38.4 Å². The number of anilines is 1. The minimum absolute atomic E-state index is 0.0136. The first-order valence-corrected chi connectivity index (χ1v) is 9.97. The lowest BCUT2D eigenvalue weighted by atomic mass is 10.1. The molecule has 29 heavy (non-hydrogen) atoms. The topological polar surface area (TPSA) is 66.0 Å². The molecule has 1 aliphatic rings. The minimum atomic E-state index is -0.245. The molecule has 1 fully saturated rings. The molecule has 0 spiro atoms. The van der Waals surface area contributed by atoms with Gasteiger partial charge in [-0.05, 0) is 69.5 Å². The van der Waals surface area contributed by atoms with Crippen LogP contribution in [0.5, 0.6) is 17.2 Å². The predicted octanol–water partition coefficient (Wildman–Crippen LogP) is 4.60. The number of amides is 1. The Labute approximate surface area is 172 Å². The predicted molar refractivity (Wildman–Crippen MR) is 112 cm³/mol. The lowest BCUT2D eigenvalue weighted by Crippen LogP contribution is -2.18. The molecule has 1 heterocycles. The van der Waals surface area contributed by atoms with E-state index in [0.29, 0.717) is 35.1 Å². The summed E-state index contributed by atoms with van der Waals surface area (Å²) in [4.78, 5) is 12.8. The SMILES string of the molecule is COc1cc(C(=O)Nc2ccc(C)cc2OCC2CCCO2)ccc1OC(C)C. The maximum absolute atomic E-state index is 12.8. The molecule has 2 aromatic rings. The van der Waals surface area contributed by atoms with Crippen LogP contribution < -0.4 is 19.5 Å². The zero-order chi connectivity index (χ0) is 20.8. The number of benzene rings is 2. The molecule has 6 nitrogen and oxygen atoms in total. The van der Waals surface area contributed by atoms with Crippen LogP contribution in [-0.2, 0) is 4.74 Å². The minimum Gasteiger partial charge on any atom is -0.493 e. The second kappa shape index (κ2) is 9.65. The number of carbonyl (C=O) groups is 1. The lowest BCUT2D eigenvalue weighted by Gasteiger charge is -2.17. The monoisotopic (exact) mass is 399 g/mol. The van der Waals surface area contributed by atoms with Crippen molar-refractivity contribution in [1.82, 2.24) is 0 Å². The summed E-state index contributed by atoms with van der Waals surface area (Å²) in [6.07, 6.45) is 2.18. The highest BCUT2D eigenvalue weighted by Gasteiger charge is 2.18. The fraction of sp³-hybridized carbons (Fsp3) is 0.435. The molecule has 1 amide bonds. The number of methoxy groups -OCH3 is 1. The number of ether oxygens (including phenoxy) is 4. The van der Waals surface area contributed by atoms with Crippen molar-refractivity contribution in [2.75, 3.05) is 25.6 Å². The molecule has 0 aromatic heterocycles. The Bertz CT molecular complexity index is 843. The number of aryl methyl sites for hydroxylation is 1. The van der Waals surface area contributed by atoms with Crippen LogP contribution in [0.3, 0.4) is 0 Å². The summed E-state index contributed by atoms with van der Waals surface area (Å²) >= 11 is 0. The van der Waals surface area contributed by atoms with Crippen molar-refractivity contribution in [3.63, 3.8) is 0 Å². The van der Waals surface area contributed by atoms with Gasteiger partial charge in [-0.3, -0.25) is 4.79 Å². The molecule has 3 rings (SSSR count). The Morgan fingerprint density at radius 2 is 2.00 bits per heavy atom. The summed E-state index contributed by atoms with van der Waals surface area (Å²) < 4.78 is 22.7. The van der Waals surface area contributed by atoms with Crippen molar-refractivity contribution in [3.8, 4) is 17.2 Å². The van der Waals surface area contributed by atoms with Crippen molar-refractivity contribution in [2.24, 2.45) is 0 Å². The van der Waals surface area contributed by atoms with Gasteiger partial charge in [0.15, 0.2) is 11.5 Å². The second-order valence-electron chi connectivity index (χ2n) is 7.43. The third-order valence-electron chi connectivity index (χ3n) is 4.62. The van der Waals surface area contributed by atoms with Gasteiger partial charge in [0.25, 0.3) is 5.91 Å². The molecular formula is C23H29NO5. The smallest absolute Gasteiger partial charge is 0.255 e. The van der Waals surface area contributed by atoms with Crippen LogP contribution in [0.15, 0.2) is 36.4 Å². The van der Waals surface area contributed by atoms with Gasteiger partial charge in [0.05, 0.1) is 25.0 Å². The highest BCUT2D eigenvalue weighted by atomic mass is 16.5. The van der Waals surface area contributed by atoms with Crippen LogP contribution in [0, 0.1) is 6.92 Å². The van der Waals surface area contributed by atoms with Crippen molar-refractivity contribution < 1.29 is 23.7 Å². The Hall–Kier alpha value is -2.73. The van der Waals surface area contributed by atoms with Crippen LogP contribution in [0.25, 0.3) is 0 Å². The molecule has 0 radical (unpaired) electrons. The van der Waals surface area contributed by atoms with E-state index in [1.54, 1.807) is 25.3 Å². The lowest BCUT2D eigenvalue weighted by molar-refractivity contribution is 0.0681. The quantitative estimate of drug-likeness (QED) is 0.703. The van der Waals surface area contributed by atoms with E-state index >= 15 is 0 Å². The molecule has 1 unspecified atom stereocenters. The van der Waals surface area contributed by atoms with Gasteiger partial charge in [-0.2, -0.15) is 0 Å². The maximum atomic E-state index is 12.8. The molecule has 0 aliphatic carbocycles. The zero-order valence-corrected chi connectivity index (χ0v) is 17.5. The molecule has 2 aromatic carbocycles. The van der Waals surface area contributed by atoms with E-state index in [1.807, 2.05) is 39.0 Å². The van der Waals surface area contributed by atoms with E-state index in [4.69, 9.17) is 18.9 Å². The Balaban J connectivity index is 1.74. The average molecular weight is 399 g/mol. The van der Waals surface area contributed by atoms with E-state index in [-0.39, 0.29) is 18.1 Å². The van der Waals surface area contributed by atoms with Gasteiger partial charge in [-0.1, -0.05) is 6.07 Å². The highest BCUT2D eigenvalue weighted by molar-refractivity contribution is 6.05. The zero-order valence-electron chi connectivity index (χ0n) is 17.5. The molecule has 156 valence electrons. The van der Waals surface area contributed by atoms with Crippen LogP contribution in [0.4, 0.5) is 5.69 Å².